The standard InChI is InChI=1S/C15H15NO2.ClH/c16-10-11-18-14-8-6-13(7-9-14)15(17)12-4-2-1-3-5-12;/h1-9H,10-11,16H2;1H. The highest BCUT2D eigenvalue weighted by Gasteiger charge is 2.07. The summed E-state index contributed by atoms with van der Waals surface area (Å²) >= 11 is 0. The van der Waals surface area contributed by atoms with Gasteiger partial charge in [0.05, 0.1) is 0 Å². The van der Waals surface area contributed by atoms with Crippen LogP contribution < -0.4 is 10.5 Å². The summed E-state index contributed by atoms with van der Waals surface area (Å²) in [4.78, 5) is 12.1. The van der Waals surface area contributed by atoms with Gasteiger partial charge in [-0.05, 0) is 24.3 Å². The van der Waals surface area contributed by atoms with Crippen molar-refractivity contribution in [3.05, 3.63) is 65.7 Å². The highest BCUT2D eigenvalue weighted by atomic mass is 35.5. The van der Waals surface area contributed by atoms with Crippen LogP contribution in [0.15, 0.2) is 54.6 Å². The minimum atomic E-state index is 0. The average molecular weight is 278 g/mol. The lowest BCUT2D eigenvalue weighted by Crippen LogP contribution is -2.10. The predicted molar refractivity (Wildman–Crippen MR) is 78.1 cm³/mol. The summed E-state index contributed by atoms with van der Waals surface area (Å²) in [5.74, 6) is 0.742. The van der Waals surface area contributed by atoms with Crippen LogP contribution in [0.5, 0.6) is 5.75 Å². The molecule has 2 rings (SSSR count). The molecule has 0 spiro atoms. The monoisotopic (exact) mass is 277 g/mol. The Bertz CT molecular complexity index is 511. The minimum Gasteiger partial charge on any atom is -0.492 e. The second-order valence-corrected chi connectivity index (χ2v) is 3.86. The molecule has 0 saturated carbocycles. The number of carbonyl (C=O) groups excluding carboxylic acids is 1. The van der Waals surface area contributed by atoms with Gasteiger partial charge in [0.25, 0.3) is 0 Å². The first kappa shape index (κ1) is 15.2. The molecule has 100 valence electrons. The molecule has 0 fully saturated rings. The molecule has 0 aliphatic rings. The number of rotatable bonds is 5. The minimum absolute atomic E-state index is 0. The third-order valence-electron chi connectivity index (χ3n) is 2.54. The zero-order chi connectivity index (χ0) is 12.8. The molecule has 0 aliphatic heterocycles. The Labute approximate surface area is 118 Å². The van der Waals surface area contributed by atoms with Crippen molar-refractivity contribution in [2.75, 3.05) is 13.2 Å². The van der Waals surface area contributed by atoms with Crippen LogP contribution in [0.1, 0.15) is 15.9 Å². The van der Waals surface area contributed by atoms with E-state index < -0.39 is 0 Å². The second kappa shape index (κ2) is 7.56. The van der Waals surface area contributed by atoms with Gasteiger partial charge in [-0.2, -0.15) is 0 Å². The summed E-state index contributed by atoms with van der Waals surface area (Å²) in [6.07, 6.45) is 0. The van der Waals surface area contributed by atoms with Crippen molar-refractivity contribution in [1.29, 1.82) is 0 Å². The fraction of sp³-hybridized carbons (Fsp3) is 0.133. The third kappa shape index (κ3) is 4.09. The van der Waals surface area contributed by atoms with Crippen LogP contribution in [0.2, 0.25) is 0 Å². The van der Waals surface area contributed by atoms with Crippen LogP contribution in [0.25, 0.3) is 0 Å². The fourth-order valence-electron chi connectivity index (χ4n) is 1.64. The van der Waals surface area contributed by atoms with Crippen molar-refractivity contribution in [3.8, 4) is 5.75 Å². The molecular weight excluding hydrogens is 262 g/mol. The lowest BCUT2D eigenvalue weighted by Gasteiger charge is -2.05. The number of benzene rings is 2. The highest BCUT2D eigenvalue weighted by molar-refractivity contribution is 6.08. The Morgan fingerprint density at radius 3 is 2.11 bits per heavy atom. The molecule has 0 radical (unpaired) electrons. The van der Waals surface area contributed by atoms with Crippen molar-refractivity contribution in [2.24, 2.45) is 5.73 Å². The lowest BCUT2D eigenvalue weighted by atomic mass is 10.0. The number of halogens is 1. The van der Waals surface area contributed by atoms with E-state index in [2.05, 4.69) is 0 Å². The lowest BCUT2D eigenvalue weighted by molar-refractivity contribution is 0.103. The van der Waals surface area contributed by atoms with Gasteiger partial charge >= 0.3 is 0 Å². The molecule has 19 heavy (non-hydrogen) atoms. The first-order valence-corrected chi connectivity index (χ1v) is 5.84. The molecule has 0 aliphatic carbocycles. The van der Waals surface area contributed by atoms with Crippen molar-refractivity contribution < 1.29 is 9.53 Å². The maximum Gasteiger partial charge on any atom is 0.193 e. The van der Waals surface area contributed by atoms with Gasteiger partial charge in [0.2, 0.25) is 0 Å². The van der Waals surface area contributed by atoms with Crippen molar-refractivity contribution in [2.45, 2.75) is 0 Å². The number of hydrogen-bond acceptors (Lipinski definition) is 3. The Kier molecular flexibility index (Phi) is 6.06. The average Bonchev–Trinajstić information content (AvgIpc) is 2.46. The maximum atomic E-state index is 12.1. The number of carbonyl (C=O) groups is 1. The molecule has 2 aromatic carbocycles. The van der Waals surface area contributed by atoms with Crippen molar-refractivity contribution in [3.63, 3.8) is 0 Å². The molecule has 0 unspecified atom stereocenters. The fourth-order valence-corrected chi connectivity index (χ4v) is 1.64. The molecule has 0 heterocycles. The van der Waals surface area contributed by atoms with Crippen LogP contribution in [-0.2, 0) is 0 Å². The summed E-state index contributed by atoms with van der Waals surface area (Å²) < 4.78 is 5.36. The summed E-state index contributed by atoms with van der Waals surface area (Å²) in [5.41, 5.74) is 6.69. The Balaban J connectivity index is 0.00000180. The van der Waals surface area contributed by atoms with Gasteiger partial charge in [0.1, 0.15) is 12.4 Å². The SMILES string of the molecule is Cl.NCCOc1ccc(C(=O)c2ccccc2)cc1. The van der Waals surface area contributed by atoms with E-state index in [1.54, 1.807) is 36.4 Å². The number of ether oxygens (including phenoxy) is 1. The van der Waals surface area contributed by atoms with Gasteiger partial charge in [0, 0.05) is 17.7 Å². The predicted octanol–water partition coefficient (Wildman–Crippen LogP) is 2.68. The van der Waals surface area contributed by atoms with E-state index in [4.69, 9.17) is 10.5 Å². The number of ketones is 1. The molecule has 0 amide bonds. The zero-order valence-electron chi connectivity index (χ0n) is 10.4. The molecule has 0 aromatic heterocycles. The first-order chi connectivity index (χ1) is 8.81. The molecule has 0 atom stereocenters. The van der Waals surface area contributed by atoms with Gasteiger partial charge in [-0.15, -0.1) is 12.4 Å². The Hall–Kier alpha value is -1.84. The van der Waals surface area contributed by atoms with Crippen LogP contribution >= 0.6 is 12.4 Å². The summed E-state index contributed by atoms with van der Waals surface area (Å²) in [7, 11) is 0. The van der Waals surface area contributed by atoms with Crippen LogP contribution in [-0.4, -0.2) is 18.9 Å². The van der Waals surface area contributed by atoms with Crippen molar-refractivity contribution >= 4 is 18.2 Å². The molecule has 0 saturated heterocycles. The van der Waals surface area contributed by atoms with E-state index in [0.29, 0.717) is 24.3 Å². The van der Waals surface area contributed by atoms with E-state index in [-0.39, 0.29) is 18.2 Å². The smallest absolute Gasteiger partial charge is 0.193 e. The van der Waals surface area contributed by atoms with E-state index in [1.165, 1.54) is 0 Å². The van der Waals surface area contributed by atoms with Crippen LogP contribution in [0, 0.1) is 0 Å². The van der Waals surface area contributed by atoms with Gasteiger partial charge in [-0.3, -0.25) is 4.79 Å². The quantitative estimate of drug-likeness (QED) is 0.855. The molecule has 2 aromatic rings. The Morgan fingerprint density at radius 2 is 1.53 bits per heavy atom. The van der Waals surface area contributed by atoms with Crippen LogP contribution in [0.4, 0.5) is 0 Å². The maximum absolute atomic E-state index is 12.1. The third-order valence-corrected chi connectivity index (χ3v) is 2.54. The zero-order valence-corrected chi connectivity index (χ0v) is 11.2. The summed E-state index contributed by atoms with van der Waals surface area (Å²) in [6.45, 7) is 0.955. The number of hydrogen-bond donors (Lipinski definition) is 1. The summed E-state index contributed by atoms with van der Waals surface area (Å²) in [5, 5.41) is 0. The highest BCUT2D eigenvalue weighted by Crippen LogP contribution is 2.15. The van der Waals surface area contributed by atoms with E-state index >= 15 is 0 Å². The van der Waals surface area contributed by atoms with E-state index in [0.717, 1.165) is 5.75 Å². The van der Waals surface area contributed by atoms with E-state index in [1.807, 2.05) is 18.2 Å². The molecule has 3 nitrogen and oxygen atoms in total. The molecular formula is C15H16ClNO2. The van der Waals surface area contributed by atoms with Gasteiger partial charge in [-0.1, -0.05) is 30.3 Å². The van der Waals surface area contributed by atoms with Gasteiger partial charge in [0.15, 0.2) is 5.78 Å². The van der Waals surface area contributed by atoms with Gasteiger partial charge in [-0.25, -0.2) is 0 Å². The molecule has 2 N–H and O–H groups in total. The molecule has 0 bridgehead atoms. The Morgan fingerprint density at radius 1 is 0.947 bits per heavy atom. The summed E-state index contributed by atoms with van der Waals surface area (Å²) in [6, 6.07) is 16.3. The molecule has 4 heteroatoms. The largest absolute Gasteiger partial charge is 0.492 e. The second-order valence-electron chi connectivity index (χ2n) is 3.86. The van der Waals surface area contributed by atoms with Crippen molar-refractivity contribution in [1.82, 2.24) is 0 Å². The van der Waals surface area contributed by atoms with Crippen LogP contribution in [0.3, 0.4) is 0 Å². The normalized spacial score (nSPS) is 9.53. The van der Waals surface area contributed by atoms with E-state index in [9.17, 15) is 4.79 Å². The van der Waals surface area contributed by atoms with Gasteiger partial charge < -0.3 is 10.5 Å². The number of nitrogens with two attached hydrogens (primary N) is 1. The first-order valence-electron chi connectivity index (χ1n) is 5.84. The topological polar surface area (TPSA) is 52.3 Å².